The molecule has 128 valence electrons. The zero-order chi connectivity index (χ0) is 17.8. The largest absolute Gasteiger partial charge is 0.497 e. The van der Waals surface area contributed by atoms with E-state index in [1.165, 1.54) is 4.90 Å². The number of amides is 1. The Morgan fingerprint density at radius 1 is 1.24 bits per heavy atom. The Balaban J connectivity index is 1.71. The molecule has 25 heavy (non-hydrogen) atoms. The van der Waals surface area contributed by atoms with Crippen LogP contribution in [-0.4, -0.2) is 35.1 Å². The van der Waals surface area contributed by atoms with Gasteiger partial charge < -0.3 is 14.2 Å². The van der Waals surface area contributed by atoms with Gasteiger partial charge in [-0.2, -0.15) is 4.98 Å². The Morgan fingerprint density at radius 3 is 2.72 bits per heavy atom. The Bertz CT molecular complexity index is 877. The third-order valence-corrected chi connectivity index (χ3v) is 3.86. The molecule has 7 heteroatoms. The minimum absolute atomic E-state index is 0.162. The number of benzene rings is 2. The van der Waals surface area contributed by atoms with Crippen molar-refractivity contribution in [3.05, 3.63) is 65.0 Å². The molecule has 6 nitrogen and oxygen atoms in total. The number of hydrogen-bond acceptors (Lipinski definition) is 5. The van der Waals surface area contributed by atoms with E-state index in [-0.39, 0.29) is 12.5 Å². The van der Waals surface area contributed by atoms with Gasteiger partial charge in [0.25, 0.3) is 5.91 Å². The van der Waals surface area contributed by atoms with Crippen LogP contribution in [-0.2, 0) is 6.54 Å². The van der Waals surface area contributed by atoms with Gasteiger partial charge in [-0.1, -0.05) is 22.8 Å². The molecule has 0 bridgehead atoms. The molecule has 1 heterocycles. The highest BCUT2D eigenvalue weighted by Crippen LogP contribution is 2.19. The van der Waals surface area contributed by atoms with Crippen LogP contribution in [0.4, 0.5) is 0 Å². The zero-order valence-electron chi connectivity index (χ0n) is 13.8. The monoisotopic (exact) mass is 357 g/mol. The van der Waals surface area contributed by atoms with Gasteiger partial charge in [0.2, 0.25) is 11.7 Å². The zero-order valence-corrected chi connectivity index (χ0v) is 14.5. The van der Waals surface area contributed by atoms with E-state index in [9.17, 15) is 4.79 Å². The lowest BCUT2D eigenvalue weighted by molar-refractivity contribution is 0.0769. The molecule has 3 rings (SSSR count). The van der Waals surface area contributed by atoms with Crippen molar-refractivity contribution in [1.82, 2.24) is 15.0 Å². The van der Waals surface area contributed by atoms with E-state index in [4.69, 9.17) is 20.9 Å². The fraction of sp³-hybridized carbons (Fsp3) is 0.167. The maximum absolute atomic E-state index is 12.5. The summed E-state index contributed by atoms with van der Waals surface area (Å²) in [5.41, 5.74) is 1.32. The minimum atomic E-state index is -0.162. The molecule has 0 N–H and O–H groups in total. The third kappa shape index (κ3) is 3.97. The summed E-state index contributed by atoms with van der Waals surface area (Å²) in [6.07, 6.45) is 0. The number of methoxy groups -OCH3 is 1. The molecule has 3 aromatic rings. The van der Waals surface area contributed by atoms with E-state index < -0.39 is 0 Å². The quantitative estimate of drug-likeness (QED) is 0.696. The second-order valence-electron chi connectivity index (χ2n) is 5.41. The summed E-state index contributed by atoms with van der Waals surface area (Å²) < 4.78 is 10.4. The molecule has 0 radical (unpaired) electrons. The maximum atomic E-state index is 12.5. The van der Waals surface area contributed by atoms with Gasteiger partial charge in [-0.3, -0.25) is 4.79 Å². The lowest BCUT2D eigenvalue weighted by Crippen LogP contribution is -2.26. The van der Waals surface area contributed by atoms with Gasteiger partial charge in [-0.15, -0.1) is 0 Å². The molecule has 0 fully saturated rings. The molecular formula is C18H16ClN3O3. The van der Waals surface area contributed by atoms with Crippen molar-refractivity contribution >= 4 is 17.5 Å². The number of aromatic nitrogens is 2. The third-order valence-electron chi connectivity index (χ3n) is 3.61. The summed E-state index contributed by atoms with van der Waals surface area (Å²) in [5, 5.41) is 4.58. The van der Waals surface area contributed by atoms with Crippen molar-refractivity contribution in [1.29, 1.82) is 0 Å². The predicted octanol–water partition coefficient (Wildman–Crippen LogP) is 3.67. The Hall–Kier alpha value is -2.86. The standard InChI is InChI=1S/C18H16ClN3O3/c1-22(18(23)13-4-3-5-15(10-13)24-2)11-16-20-17(21-25-16)12-6-8-14(19)9-7-12/h3-10H,11H2,1-2H3. The number of ether oxygens (including phenoxy) is 1. The van der Waals surface area contributed by atoms with Crippen LogP contribution in [0, 0.1) is 0 Å². The van der Waals surface area contributed by atoms with Crippen LogP contribution in [0.3, 0.4) is 0 Å². The smallest absolute Gasteiger partial charge is 0.254 e. The highest BCUT2D eigenvalue weighted by Gasteiger charge is 2.16. The number of carbonyl (C=O) groups is 1. The Labute approximate surface area is 150 Å². The Morgan fingerprint density at radius 2 is 2.00 bits per heavy atom. The second-order valence-corrected chi connectivity index (χ2v) is 5.85. The van der Waals surface area contributed by atoms with E-state index in [0.717, 1.165) is 5.56 Å². The summed E-state index contributed by atoms with van der Waals surface area (Å²) >= 11 is 5.87. The molecule has 0 atom stereocenters. The molecule has 1 amide bonds. The normalized spacial score (nSPS) is 10.5. The SMILES string of the molecule is COc1cccc(C(=O)N(C)Cc2nc(-c3ccc(Cl)cc3)no2)c1. The number of rotatable bonds is 5. The van der Waals surface area contributed by atoms with Crippen LogP contribution in [0.2, 0.25) is 5.02 Å². The van der Waals surface area contributed by atoms with Crippen LogP contribution < -0.4 is 4.74 Å². The van der Waals surface area contributed by atoms with Gasteiger partial charge in [0, 0.05) is 23.2 Å². The fourth-order valence-electron chi connectivity index (χ4n) is 2.29. The fourth-order valence-corrected chi connectivity index (χ4v) is 2.41. The first-order valence-corrected chi connectivity index (χ1v) is 7.92. The van der Waals surface area contributed by atoms with E-state index in [1.807, 2.05) is 12.1 Å². The summed E-state index contributed by atoms with van der Waals surface area (Å²) in [4.78, 5) is 18.3. The van der Waals surface area contributed by atoms with E-state index in [1.54, 1.807) is 50.6 Å². The maximum Gasteiger partial charge on any atom is 0.254 e. The first-order valence-electron chi connectivity index (χ1n) is 7.55. The van der Waals surface area contributed by atoms with Crippen LogP contribution in [0.1, 0.15) is 16.2 Å². The molecule has 0 aliphatic carbocycles. The molecule has 0 saturated carbocycles. The predicted molar refractivity (Wildman–Crippen MR) is 93.5 cm³/mol. The molecule has 0 unspecified atom stereocenters. The minimum Gasteiger partial charge on any atom is -0.497 e. The summed E-state index contributed by atoms with van der Waals surface area (Å²) in [6, 6.07) is 14.1. The number of hydrogen-bond donors (Lipinski definition) is 0. The highest BCUT2D eigenvalue weighted by atomic mass is 35.5. The summed E-state index contributed by atoms with van der Waals surface area (Å²) in [6.45, 7) is 0.205. The number of nitrogens with zero attached hydrogens (tertiary/aromatic N) is 3. The van der Waals surface area contributed by atoms with Crippen molar-refractivity contribution in [3.8, 4) is 17.1 Å². The lowest BCUT2D eigenvalue weighted by Gasteiger charge is -2.15. The first kappa shape index (κ1) is 17.0. The van der Waals surface area contributed by atoms with Gasteiger partial charge in [-0.25, -0.2) is 0 Å². The van der Waals surface area contributed by atoms with Crippen LogP contribution >= 0.6 is 11.6 Å². The van der Waals surface area contributed by atoms with Crippen molar-refractivity contribution in [2.24, 2.45) is 0 Å². The van der Waals surface area contributed by atoms with E-state index in [2.05, 4.69) is 10.1 Å². The molecule has 1 aromatic heterocycles. The molecular weight excluding hydrogens is 342 g/mol. The van der Waals surface area contributed by atoms with Gasteiger partial charge in [0.15, 0.2) is 0 Å². The average Bonchev–Trinajstić information content (AvgIpc) is 3.10. The van der Waals surface area contributed by atoms with Crippen molar-refractivity contribution in [3.63, 3.8) is 0 Å². The van der Waals surface area contributed by atoms with E-state index in [0.29, 0.717) is 28.1 Å². The summed E-state index contributed by atoms with van der Waals surface area (Å²) in [7, 11) is 3.23. The molecule has 0 spiro atoms. The first-order chi connectivity index (χ1) is 12.1. The molecule has 2 aromatic carbocycles. The molecule has 0 aliphatic rings. The van der Waals surface area contributed by atoms with Gasteiger partial charge in [-0.05, 0) is 42.5 Å². The van der Waals surface area contributed by atoms with Gasteiger partial charge in [0.1, 0.15) is 5.75 Å². The topological polar surface area (TPSA) is 68.5 Å². The highest BCUT2D eigenvalue weighted by molar-refractivity contribution is 6.30. The van der Waals surface area contributed by atoms with Crippen molar-refractivity contribution in [2.75, 3.05) is 14.2 Å². The Kier molecular flexibility index (Phi) is 5.00. The lowest BCUT2D eigenvalue weighted by atomic mass is 10.2. The van der Waals surface area contributed by atoms with Gasteiger partial charge in [0.05, 0.1) is 13.7 Å². The van der Waals surface area contributed by atoms with Crippen molar-refractivity contribution in [2.45, 2.75) is 6.54 Å². The van der Waals surface area contributed by atoms with Crippen LogP contribution in [0.15, 0.2) is 53.1 Å². The molecule has 0 saturated heterocycles. The van der Waals surface area contributed by atoms with Crippen LogP contribution in [0.25, 0.3) is 11.4 Å². The number of carbonyl (C=O) groups excluding carboxylic acids is 1. The molecule has 0 aliphatic heterocycles. The summed E-state index contributed by atoms with van der Waals surface area (Å²) in [5.74, 6) is 1.27. The van der Waals surface area contributed by atoms with Crippen molar-refractivity contribution < 1.29 is 14.1 Å². The van der Waals surface area contributed by atoms with Crippen LogP contribution in [0.5, 0.6) is 5.75 Å². The average molecular weight is 358 g/mol. The van der Waals surface area contributed by atoms with Gasteiger partial charge >= 0.3 is 0 Å². The second kappa shape index (κ2) is 7.36. The van der Waals surface area contributed by atoms with E-state index >= 15 is 0 Å². The number of halogens is 1.